The van der Waals surface area contributed by atoms with Gasteiger partial charge >= 0.3 is 5.97 Å². The fraction of sp³-hybridized carbons (Fsp3) is 0.263. The summed E-state index contributed by atoms with van der Waals surface area (Å²) < 4.78 is 12.8. The van der Waals surface area contributed by atoms with E-state index in [-0.39, 0.29) is 19.0 Å². The summed E-state index contributed by atoms with van der Waals surface area (Å²) in [6.45, 7) is 2.46. The van der Waals surface area contributed by atoms with Gasteiger partial charge in [-0.1, -0.05) is 29.3 Å². The SMILES string of the molecule is Cc1nc2ccccn2c1COC(=O)CCCOc1ccc(Cl)cc1Cl. The molecule has 136 valence electrons. The van der Waals surface area contributed by atoms with Crippen LogP contribution in [0, 0.1) is 6.92 Å². The molecule has 0 atom stereocenters. The van der Waals surface area contributed by atoms with E-state index in [2.05, 4.69) is 4.98 Å². The van der Waals surface area contributed by atoms with Crippen LogP contribution in [0.2, 0.25) is 10.0 Å². The Labute approximate surface area is 161 Å². The van der Waals surface area contributed by atoms with E-state index >= 15 is 0 Å². The third-order valence-corrected chi connectivity index (χ3v) is 4.41. The molecule has 0 aliphatic carbocycles. The molecule has 0 N–H and O–H groups in total. The second-order valence-corrected chi connectivity index (χ2v) is 6.60. The Balaban J connectivity index is 1.45. The molecule has 0 spiro atoms. The van der Waals surface area contributed by atoms with Crippen LogP contribution in [0.4, 0.5) is 0 Å². The predicted octanol–water partition coefficient (Wildman–Crippen LogP) is 4.85. The first-order chi connectivity index (χ1) is 12.5. The van der Waals surface area contributed by atoms with Crippen LogP contribution >= 0.6 is 23.2 Å². The molecule has 0 aliphatic heterocycles. The minimum atomic E-state index is -0.277. The minimum absolute atomic E-state index is 0.194. The maximum absolute atomic E-state index is 12.0. The molecule has 7 heteroatoms. The Morgan fingerprint density at radius 3 is 2.88 bits per heavy atom. The molecule has 1 aromatic carbocycles. The number of carbonyl (C=O) groups is 1. The molecular weight excluding hydrogens is 375 g/mol. The van der Waals surface area contributed by atoms with Crippen LogP contribution in [0.25, 0.3) is 5.65 Å². The second kappa shape index (κ2) is 8.43. The number of ether oxygens (including phenoxy) is 2. The van der Waals surface area contributed by atoms with Gasteiger partial charge in [0.1, 0.15) is 18.0 Å². The van der Waals surface area contributed by atoms with E-state index in [1.54, 1.807) is 18.2 Å². The largest absolute Gasteiger partial charge is 0.492 e. The Bertz CT molecular complexity index is 924. The van der Waals surface area contributed by atoms with Crippen LogP contribution < -0.4 is 4.74 Å². The summed E-state index contributed by atoms with van der Waals surface area (Å²) in [5, 5.41) is 0.997. The van der Waals surface area contributed by atoms with Gasteiger partial charge in [-0.15, -0.1) is 0 Å². The molecule has 2 aromatic heterocycles. The molecule has 0 unspecified atom stereocenters. The molecule has 0 fully saturated rings. The van der Waals surface area contributed by atoms with E-state index in [9.17, 15) is 4.79 Å². The fourth-order valence-corrected chi connectivity index (χ4v) is 3.01. The molecule has 0 aliphatic rings. The van der Waals surface area contributed by atoms with Gasteiger partial charge < -0.3 is 13.9 Å². The molecule has 0 saturated carbocycles. The zero-order valence-corrected chi connectivity index (χ0v) is 15.8. The number of hydrogen-bond acceptors (Lipinski definition) is 4. The van der Waals surface area contributed by atoms with Gasteiger partial charge in [0.2, 0.25) is 0 Å². The van der Waals surface area contributed by atoms with Gasteiger partial charge in [-0.05, 0) is 43.7 Å². The van der Waals surface area contributed by atoms with E-state index in [1.165, 1.54) is 0 Å². The summed E-state index contributed by atoms with van der Waals surface area (Å²) in [5.74, 6) is 0.270. The molecule has 0 amide bonds. The summed E-state index contributed by atoms with van der Waals surface area (Å²) in [5.41, 5.74) is 2.56. The molecular formula is C19H18Cl2N2O3. The first kappa shape index (κ1) is 18.5. The van der Waals surface area contributed by atoms with Crippen LogP contribution in [-0.4, -0.2) is 22.0 Å². The van der Waals surface area contributed by atoms with Crippen molar-refractivity contribution >= 4 is 34.8 Å². The van der Waals surface area contributed by atoms with Gasteiger partial charge in [0.15, 0.2) is 0 Å². The number of benzene rings is 1. The molecule has 26 heavy (non-hydrogen) atoms. The van der Waals surface area contributed by atoms with Crippen molar-refractivity contribution in [2.24, 2.45) is 0 Å². The lowest BCUT2D eigenvalue weighted by Crippen LogP contribution is -2.09. The van der Waals surface area contributed by atoms with E-state index in [1.807, 2.05) is 35.7 Å². The number of nitrogens with zero attached hydrogens (tertiary/aromatic N) is 2. The summed E-state index contributed by atoms with van der Waals surface area (Å²) in [6.07, 6.45) is 2.70. The molecule has 5 nitrogen and oxygen atoms in total. The molecule has 3 rings (SSSR count). The summed E-state index contributed by atoms with van der Waals surface area (Å²) in [6, 6.07) is 10.8. The molecule has 2 heterocycles. The lowest BCUT2D eigenvalue weighted by atomic mass is 10.3. The topological polar surface area (TPSA) is 52.8 Å². The average Bonchev–Trinajstić information content (AvgIpc) is 2.93. The van der Waals surface area contributed by atoms with E-state index < -0.39 is 0 Å². The highest BCUT2D eigenvalue weighted by Crippen LogP contribution is 2.27. The van der Waals surface area contributed by atoms with Crippen molar-refractivity contribution in [3.8, 4) is 5.75 Å². The summed E-state index contributed by atoms with van der Waals surface area (Å²) in [7, 11) is 0. The molecule has 0 bridgehead atoms. The van der Waals surface area contributed by atoms with Gasteiger partial charge in [-0.3, -0.25) is 4.79 Å². The number of fused-ring (bicyclic) bond motifs is 1. The van der Waals surface area contributed by atoms with Crippen molar-refractivity contribution in [2.75, 3.05) is 6.61 Å². The predicted molar refractivity (Wildman–Crippen MR) is 101 cm³/mol. The third kappa shape index (κ3) is 4.48. The quantitative estimate of drug-likeness (QED) is 0.425. The van der Waals surface area contributed by atoms with Crippen LogP contribution in [-0.2, 0) is 16.1 Å². The highest BCUT2D eigenvalue weighted by molar-refractivity contribution is 6.35. The molecule has 3 aromatic rings. The van der Waals surface area contributed by atoms with Crippen LogP contribution in [0.5, 0.6) is 5.75 Å². The fourth-order valence-electron chi connectivity index (χ4n) is 2.55. The highest BCUT2D eigenvalue weighted by atomic mass is 35.5. The zero-order valence-electron chi connectivity index (χ0n) is 14.2. The average molecular weight is 393 g/mol. The van der Waals surface area contributed by atoms with Gasteiger partial charge in [-0.2, -0.15) is 0 Å². The van der Waals surface area contributed by atoms with Gasteiger partial charge in [0, 0.05) is 17.6 Å². The molecule has 0 radical (unpaired) electrons. The van der Waals surface area contributed by atoms with Crippen molar-refractivity contribution in [1.82, 2.24) is 9.38 Å². The number of pyridine rings is 1. The number of imidazole rings is 1. The summed E-state index contributed by atoms with van der Waals surface area (Å²) >= 11 is 11.9. The van der Waals surface area contributed by atoms with Gasteiger partial charge in [0.05, 0.1) is 23.0 Å². The van der Waals surface area contributed by atoms with E-state index in [0.29, 0.717) is 28.8 Å². The minimum Gasteiger partial charge on any atom is -0.492 e. The number of carbonyl (C=O) groups excluding carboxylic acids is 1. The zero-order chi connectivity index (χ0) is 18.5. The lowest BCUT2D eigenvalue weighted by molar-refractivity contribution is -0.145. The Morgan fingerprint density at radius 1 is 1.23 bits per heavy atom. The summed E-state index contributed by atoms with van der Waals surface area (Å²) in [4.78, 5) is 16.4. The first-order valence-corrected chi connectivity index (χ1v) is 8.96. The normalized spacial score (nSPS) is 10.9. The number of hydrogen-bond donors (Lipinski definition) is 0. The number of aromatic nitrogens is 2. The monoisotopic (exact) mass is 392 g/mol. The smallest absolute Gasteiger partial charge is 0.306 e. The highest BCUT2D eigenvalue weighted by Gasteiger charge is 2.11. The van der Waals surface area contributed by atoms with E-state index in [4.69, 9.17) is 32.7 Å². The van der Waals surface area contributed by atoms with Crippen LogP contribution in [0.1, 0.15) is 24.2 Å². The van der Waals surface area contributed by atoms with Crippen molar-refractivity contribution in [3.05, 3.63) is 64.0 Å². The number of aryl methyl sites for hydroxylation is 1. The van der Waals surface area contributed by atoms with Gasteiger partial charge in [-0.25, -0.2) is 4.98 Å². The van der Waals surface area contributed by atoms with Crippen molar-refractivity contribution in [1.29, 1.82) is 0 Å². The lowest BCUT2D eigenvalue weighted by Gasteiger charge is -2.08. The molecule has 0 saturated heterocycles. The Hall–Kier alpha value is -2.24. The van der Waals surface area contributed by atoms with Crippen LogP contribution in [0.3, 0.4) is 0 Å². The Morgan fingerprint density at radius 2 is 2.08 bits per heavy atom. The van der Waals surface area contributed by atoms with Crippen molar-refractivity contribution in [2.45, 2.75) is 26.4 Å². The van der Waals surface area contributed by atoms with Crippen molar-refractivity contribution in [3.63, 3.8) is 0 Å². The van der Waals surface area contributed by atoms with Gasteiger partial charge in [0.25, 0.3) is 0 Å². The number of esters is 1. The maximum atomic E-state index is 12.0. The maximum Gasteiger partial charge on any atom is 0.306 e. The second-order valence-electron chi connectivity index (χ2n) is 5.76. The standard InChI is InChI=1S/C19H18Cl2N2O3/c1-13-16(23-9-3-2-5-18(23)22-13)12-26-19(24)6-4-10-25-17-8-7-14(20)11-15(17)21/h2-3,5,7-9,11H,4,6,10,12H2,1H3. The first-order valence-electron chi connectivity index (χ1n) is 8.20. The van der Waals surface area contributed by atoms with Crippen molar-refractivity contribution < 1.29 is 14.3 Å². The van der Waals surface area contributed by atoms with Crippen LogP contribution in [0.15, 0.2) is 42.6 Å². The third-order valence-electron chi connectivity index (χ3n) is 3.88. The Kier molecular flexibility index (Phi) is 6.01. The number of halogens is 2. The number of rotatable bonds is 7. The van der Waals surface area contributed by atoms with E-state index in [0.717, 1.165) is 17.0 Å².